The smallest absolute Gasteiger partial charge is 0.252 e. The van der Waals surface area contributed by atoms with Gasteiger partial charge in [0.15, 0.2) is 0 Å². The minimum Gasteiger partial charge on any atom is -0.497 e. The second kappa shape index (κ2) is 7.84. The molecule has 146 valence electrons. The van der Waals surface area contributed by atoms with Gasteiger partial charge in [0.1, 0.15) is 11.8 Å². The van der Waals surface area contributed by atoms with Gasteiger partial charge < -0.3 is 14.6 Å². The largest absolute Gasteiger partial charge is 0.497 e. The molecule has 1 amide bonds. The number of hydrogen-bond donors (Lipinski definition) is 1. The fourth-order valence-corrected chi connectivity index (χ4v) is 2.75. The van der Waals surface area contributed by atoms with Crippen molar-refractivity contribution in [2.75, 3.05) is 7.11 Å². The minimum absolute atomic E-state index is 0.0832. The number of carbonyl (C=O) groups excluding carboxylic acids is 1. The van der Waals surface area contributed by atoms with Gasteiger partial charge in [-0.25, -0.2) is 0 Å². The molecule has 0 bridgehead atoms. The van der Waals surface area contributed by atoms with E-state index >= 15 is 0 Å². The number of benzene rings is 2. The number of nitrogens with zero attached hydrogens (tertiary/aromatic N) is 2. The van der Waals surface area contributed by atoms with Crippen LogP contribution in [0.1, 0.15) is 55.5 Å². The molecule has 0 aliphatic rings. The first kappa shape index (κ1) is 19.6. The molecule has 6 heteroatoms. The number of aromatic nitrogens is 2. The summed E-state index contributed by atoms with van der Waals surface area (Å²) in [7, 11) is 1.56. The van der Waals surface area contributed by atoms with Crippen LogP contribution in [0.25, 0.3) is 11.4 Å². The Morgan fingerprint density at radius 1 is 1.14 bits per heavy atom. The fraction of sp³-hybridized carbons (Fsp3) is 0.318. The Hall–Kier alpha value is -3.15. The van der Waals surface area contributed by atoms with E-state index in [1.165, 1.54) is 5.56 Å². The summed E-state index contributed by atoms with van der Waals surface area (Å²) in [5.74, 6) is 1.24. The first-order chi connectivity index (χ1) is 13.3. The molecule has 6 nitrogen and oxygen atoms in total. The number of ether oxygens (including phenoxy) is 1. The molecule has 0 saturated heterocycles. The monoisotopic (exact) mass is 379 g/mol. The molecular formula is C22H25N3O3. The quantitative estimate of drug-likeness (QED) is 0.704. The Balaban J connectivity index is 1.71. The van der Waals surface area contributed by atoms with Crippen molar-refractivity contribution in [3.05, 3.63) is 65.5 Å². The Labute approximate surface area is 164 Å². The van der Waals surface area contributed by atoms with Crippen LogP contribution in [0.4, 0.5) is 0 Å². The van der Waals surface area contributed by atoms with Gasteiger partial charge >= 0.3 is 0 Å². The lowest BCUT2D eigenvalue weighted by Crippen LogP contribution is -2.26. The molecule has 0 aliphatic carbocycles. The van der Waals surface area contributed by atoms with E-state index in [9.17, 15) is 4.79 Å². The molecule has 0 aliphatic heterocycles. The number of amides is 1. The van der Waals surface area contributed by atoms with Crippen LogP contribution in [0.15, 0.2) is 53.1 Å². The maximum atomic E-state index is 12.4. The molecular weight excluding hydrogens is 354 g/mol. The SMILES string of the molecule is COc1cccc(C(=O)NC(C)c2nc(-c3ccc(C(C)(C)C)cc3)no2)c1. The molecule has 3 aromatic rings. The first-order valence-electron chi connectivity index (χ1n) is 9.17. The van der Waals surface area contributed by atoms with Crippen molar-refractivity contribution >= 4 is 5.91 Å². The number of rotatable bonds is 5. The fourth-order valence-electron chi connectivity index (χ4n) is 2.75. The summed E-state index contributed by atoms with van der Waals surface area (Å²) in [4.78, 5) is 16.9. The van der Waals surface area contributed by atoms with E-state index in [0.29, 0.717) is 23.0 Å². The zero-order valence-corrected chi connectivity index (χ0v) is 16.8. The Bertz CT molecular complexity index is 956. The van der Waals surface area contributed by atoms with Gasteiger partial charge in [-0.3, -0.25) is 4.79 Å². The molecule has 1 unspecified atom stereocenters. The van der Waals surface area contributed by atoms with Crippen LogP contribution in [-0.2, 0) is 5.41 Å². The number of methoxy groups -OCH3 is 1. The van der Waals surface area contributed by atoms with Gasteiger partial charge in [-0.05, 0) is 36.1 Å². The van der Waals surface area contributed by atoms with Gasteiger partial charge in [0.2, 0.25) is 11.7 Å². The minimum atomic E-state index is -0.422. The van der Waals surface area contributed by atoms with Crippen molar-refractivity contribution in [1.82, 2.24) is 15.5 Å². The van der Waals surface area contributed by atoms with E-state index in [1.54, 1.807) is 38.3 Å². The van der Waals surface area contributed by atoms with Crippen LogP contribution in [-0.4, -0.2) is 23.2 Å². The molecule has 1 heterocycles. The summed E-state index contributed by atoms with van der Waals surface area (Å²) in [6.07, 6.45) is 0. The molecule has 0 radical (unpaired) electrons. The molecule has 1 atom stereocenters. The highest BCUT2D eigenvalue weighted by molar-refractivity contribution is 5.94. The van der Waals surface area contributed by atoms with E-state index in [0.717, 1.165) is 5.56 Å². The highest BCUT2D eigenvalue weighted by Gasteiger charge is 2.19. The van der Waals surface area contributed by atoms with Crippen LogP contribution >= 0.6 is 0 Å². The van der Waals surface area contributed by atoms with Crippen LogP contribution in [0, 0.1) is 0 Å². The summed E-state index contributed by atoms with van der Waals surface area (Å²) >= 11 is 0. The van der Waals surface area contributed by atoms with E-state index < -0.39 is 6.04 Å². The lowest BCUT2D eigenvalue weighted by molar-refractivity contribution is 0.0932. The Kier molecular flexibility index (Phi) is 5.49. The molecule has 2 aromatic carbocycles. The van der Waals surface area contributed by atoms with Crippen molar-refractivity contribution < 1.29 is 14.1 Å². The number of hydrogen-bond acceptors (Lipinski definition) is 5. The average molecular weight is 379 g/mol. The summed E-state index contributed by atoms with van der Waals surface area (Å²) in [5.41, 5.74) is 2.69. The van der Waals surface area contributed by atoms with Gasteiger partial charge in [-0.15, -0.1) is 0 Å². The van der Waals surface area contributed by atoms with E-state index in [1.807, 2.05) is 12.1 Å². The first-order valence-corrected chi connectivity index (χ1v) is 9.17. The van der Waals surface area contributed by atoms with E-state index in [4.69, 9.17) is 9.26 Å². The van der Waals surface area contributed by atoms with Gasteiger partial charge in [-0.1, -0.05) is 56.3 Å². The summed E-state index contributed by atoms with van der Waals surface area (Å²) < 4.78 is 10.5. The molecule has 28 heavy (non-hydrogen) atoms. The molecule has 0 fully saturated rings. The topological polar surface area (TPSA) is 77.2 Å². The third kappa shape index (κ3) is 4.39. The van der Waals surface area contributed by atoms with Gasteiger partial charge in [0, 0.05) is 11.1 Å². The van der Waals surface area contributed by atoms with Crippen molar-refractivity contribution in [2.45, 2.75) is 39.2 Å². The Morgan fingerprint density at radius 3 is 2.50 bits per heavy atom. The Morgan fingerprint density at radius 2 is 1.86 bits per heavy atom. The zero-order valence-electron chi connectivity index (χ0n) is 16.8. The molecule has 1 aromatic heterocycles. The number of nitrogens with one attached hydrogen (secondary N) is 1. The third-order valence-corrected chi connectivity index (χ3v) is 4.50. The van der Waals surface area contributed by atoms with Gasteiger partial charge in [0.05, 0.1) is 7.11 Å². The molecule has 3 rings (SSSR count). The van der Waals surface area contributed by atoms with Gasteiger partial charge in [-0.2, -0.15) is 4.98 Å². The molecule has 0 saturated carbocycles. The number of carbonyl (C=O) groups is 1. The van der Waals surface area contributed by atoms with Crippen molar-refractivity contribution in [2.24, 2.45) is 0 Å². The predicted octanol–water partition coefficient (Wildman–Crippen LogP) is 4.53. The van der Waals surface area contributed by atoms with Crippen LogP contribution in [0.3, 0.4) is 0 Å². The second-order valence-electron chi connectivity index (χ2n) is 7.71. The van der Waals surface area contributed by atoms with Gasteiger partial charge in [0.25, 0.3) is 5.91 Å². The highest BCUT2D eigenvalue weighted by Crippen LogP contribution is 2.25. The van der Waals surface area contributed by atoms with Crippen LogP contribution < -0.4 is 10.1 Å². The summed E-state index contributed by atoms with van der Waals surface area (Å²) in [6.45, 7) is 8.31. The lowest BCUT2D eigenvalue weighted by atomic mass is 9.87. The third-order valence-electron chi connectivity index (χ3n) is 4.50. The maximum Gasteiger partial charge on any atom is 0.252 e. The van der Waals surface area contributed by atoms with E-state index in [2.05, 4.69) is 48.4 Å². The highest BCUT2D eigenvalue weighted by atomic mass is 16.5. The van der Waals surface area contributed by atoms with Crippen LogP contribution in [0.5, 0.6) is 5.75 Å². The second-order valence-corrected chi connectivity index (χ2v) is 7.71. The van der Waals surface area contributed by atoms with Crippen molar-refractivity contribution in [3.63, 3.8) is 0 Å². The van der Waals surface area contributed by atoms with E-state index in [-0.39, 0.29) is 11.3 Å². The standard InChI is InChI=1S/C22H25N3O3/c1-14(23-20(26)16-7-6-8-18(13-16)27-5)21-24-19(25-28-21)15-9-11-17(12-10-15)22(2,3)4/h6-14H,1-5H3,(H,23,26). The zero-order chi connectivity index (χ0) is 20.3. The molecule has 1 N–H and O–H groups in total. The lowest BCUT2D eigenvalue weighted by Gasteiger charge is -2.18. The normalized spacial score (nSPS) is 12.5. The van der Waals surface area contributed by atoms with Crippen molar-refractivity contribution in [1.29, 1.82) is 0 Å². The van der Waals surface area contributed by atoms with Crippen molar-refractivity contribution in [3.8, 4) is 17.1 Å². The predicted molar refractivity (Wildman–Crippen MR) is 107 cm³/mol. The summed E-state index contributed by atoms with van der Waals surface area (Å²) in [5, 5.41) is 6.92. The van der Waals surface area contributed by atoms with Crippen LogP contribution in [0.2, 0.25) is 0 Å². The molecule has 0 spiro atoms. The maximum absolute atomic E-state index is 12.4. The summed E-state index contributed by atoms with van der Waals surface area (Å²) in [6, 6.07) is 14.6. The average Bonchev–Trinajstić information content (AvgIpc) is 3.18.